The number of carbonyl (C=O) groups is 1. The van der Waals surface area contributed by atoms with Crippen molar-refractivity contribution in [3.8, 4) is 0 Å². The van der Waals surface area contributed by atoms with Gasteiger partial charge in [0.2, 0.25) is 0 Å². The quantitative estimate of drug-likeness (QED) is 0.267. The number of hydrogen-bond acceptors (Lipinski definition) is 2. The van der Waals surface area contributed by atoms with E-state index in [1.807, 2.05) is 0 Å². The van der Waals surface area contributed by atoms with Crippen LogP contribution in [-0.2, 0) is 14.6 Å². The highest BCUT2D eigenvalue weighted by atomic mass is 16.5. The molecule has 0 saturated heterocycles. The standard InChI is InChI=1S/C4H5O3/c1-7-4(6)2-3-5/h2-3H,1H3/b3-2+. The van der Waals surface area contributed by atoms with Gasteiger partial charge in [-0.3, -0.25) is 5.11 Å². The van der Waals surface area contributed by atoms with Crippen LogP contribution < -0.4 is 0 Å². The number of carbonyl (C=O) groups excluding carboxylic acids is 1. The van der Waals surface area contributed by atoms with Gasteiger partial charge in [0.15, 0.2) is 0 Å². The first-order valence-corrected chi connectivity index (χ1v) is 1.67. The molecule has 0 saturated carbocycles. The minimum Gasteiger partial charge on any atom is -0.466 e. The molecule has 0 aromatic carbocycles. The summed E-state index contributed by atoms with van der Waals surface area (Å²) in [5, 5.41) is 9.42. The molecule has 3 nitrogen and oxygen atoms in total. The van der Waals surface area contributed by atoms with Gasteiger partial charge in [-0.2, -0.15) is 0 Å². The third-order valence-electron chi connectivity index (χ3n) is 0.405. The van der Waals surface area contributed by atoms with Crippen LogP contribution in [0.4, 0.5) is 0 Å². The van der Waals surface area contributed by atoms with E-state index in [2.05, 4.69) is 4.74 Å². The topological polar surface area (TPSA) is 46.2 Å². The molecule has 0 aromatic heterocycles. The van der Waals surface area contributed by atoms with E-state index in [-0.39, 0.29) is 0 Å². The van der Waals surface area contributed by atoms with Crippen LogP contribution in [0.5, 0.6) is 0 Å². The molecule has 39 valence electrons. The zero-order chi connectivity index (χ0) is 5.70. The third kappa shape index (κ3) is 2.82. The molecule has 0 amide bonds. The van der Waals surface area contributed by atoms with Crippen LogP contribution in [0.2, 0.25) is 0 Å². The Morgan fingerprint density at radius 3 is 2.43 bits per heavy atom. The molecule has 1 radical (unpaired) electrons. The SMILES string of the molecule is COC(=O)/C=C/[O]. The minimum atomic E-state index is -0.616. The molecule has 0 aromatic rings. The molecule has 0 heterocycles. The van der Waals surface area contributed by atoms with Gasteiger partial charge in [-0.25, -0.2) is 4.79 Å². The summed E-state index contributed by atoms with van der Waals surface area (Å²) in [6.45, 7) is 0. The summed E-state index contributed by atoms with van der Waals surface area (Å²) in [4.78, 5) is 9.90. The van der Waals surface area contributed by atoms with E-state index in [1.165, 1.54) is 7.11 Å². The van der Waals surface area contributed by atoms with Gasteiger partial charge >= 0.3 is 5.97 Å². The maximum Gasteiger partial charge on any atom is 0.333 e. The summed E-state index contributed by atoms with van der Waals surface area (Å²) < 4.78 is 4.06. The number of methoxy groups -OCH3 is 1. The van der Waals surface area contributed by atoms with E-state index in [0.717, 1.165) is 6.08 Å². The molecule has 0 aliphatic heterocycles. The molecule has 0 aliphatic rings. The molecular formula is C4H5O3. The molecule has 0 unspecified atom stereocenters. The van der Waals surface area contributed by atoms with Crippen molar-refractivity contribution in [1.82, 2.24) is 0 Å². The lowest BCUT2D eigenvalue weighted by Crippen LogP contribution is -1.92. The number of rotatable bonds is 1. The van der Waals surface area contributed by atoms with Crippen LogP contribution in [-0.4, -0.2) is 13.1 Å². The predicted octanol–water partition coefficient (Wildman–Crippen LogP) is 0.104. The Morgan fingerprint density at radius 1 is 1.71 bits per heavy atom. The van der Waals surface area contributed by atoms with Crippen molar-refractivity contribution < 1.29 is 14.6 Å². The minimum absolute atomic E-state index is 0.381. The number of esters is 1. The van der Waals surface area contributed by atoms with Crippen molar-refractivity contribution in [3.05, 3.63) is 12.3 Å². The Hall–Kier alpha value is -0.990. The number of hydrogen-bond donors (Lipinski definition) is 0. The Bertz CT molecular complexity index is 84.9. The van der Waals surface area contributed by atoms with Crippen molar-refractivity contribution in [2.45, 2.75) is 0 Å². The lowest BCUT2D eigenvalue weighted by atomic mass is 10.6. The largest absolute Gasteiger partial charge is 0.466 e. The summed E-state index contributed by atoms with van der Waals surface area (Å²) >= 11 is 0. The summed E-state index contributed by atoms with van der Waals surface area (Å²) in [5.74, 6) is -0.616. The van der Waals surface area contributed by atoms with Crippen LogP contribution >= 0.6 is 0 Å². The highest BCUT2D eigenvalue weighted by molar-refractivity contribution is 5.81. The second kappa shape index (κ2) is 3.21. The second-order valence-corrected chi connectivity index (χ2v) is 0.826. The summed E-state index contributed by atoms with van der Waals surface area (Å²) in [6.07, 6.45) is 1.19. The average molecular weight is 101 g/mol. The van der Waals surface area contributed by atoms with Gasteiger partial charge in [0.05, 0.1) is 13.2 Å². The molecule has 7 heavy (non-hydrogen) atoms. The molecule has 0 fully saturated rings. The van der Waals surface area contributed by atoms with Gasteiger partial charge < -0.3 is 4.74 Å². The second-order valence-electron chi connectivity index (χ2n) is 0.826. The highest BCUT2D eigenvalue weighted by Gasteiger charge is 1.86. The van der Waals surface area contributed by atoms with Gasteiger partial charge in [0.1, 0.15) is 6.26 Å². The molecule has 0 aliphatic carbocycles. The van der Waals surface area contributed by atoms with E-state index in [9.17, 15) is 9.90 Å². The first kappa shape index (κ1) is 6.01. The zero-order valence-electron chi connectivity index (χ0n) is 3.88. The number of ether oxygens (including phenoxy) is 1. The molecular weight excluding hydrogens is 96.0 g/mol. The van der Waals surface area contributed by atoms with E-state index in [0.29, 0.717) is 6.26 Å². The molecule has 3 heteroatoms. The van der Waals surface area contributed by atoms with E-state index in [4.69, 9.17) is 0 Å². The molecule has 0 N–H and O–H groups in total. The summed E-state index contributed by atoms with van der Waals surface area (Å²) in [5.41, 5.74) is 0. The van der Waals surface area contributed by atoms with Crippen molar-refractivity contribution in [3.63, 3.8) is 0 Å². The lowest BCUT2D eigenvalue weighted by molar-refractivity contribution is -0.134. The Labute approximate surface area is 41.2 Å². The van der Waals surface area contributed by atoms with Gasteiger partial charge in [0.25, 0.3) is 0 Å². The van der Waals surface area contributed by atoms with Crippen LogP contribution in [0.25, 0.3) is 0 Å². The summed E-state index contributed by atoms with van der Waals surface area (Å²) in [7, 11) is 1.21. The van der Waals surface area contributed by atoms with Crippen molar-refractivity contribution in [1.29, 1.82) is 0 Å². The van der Waals surface area contributed by atoms with Crippen LogP contribution in [0.1, 0.15) is 0 Å². The Balaban J connectivity index is 3.37. The fourth-order valence-electron chi connectivity index (χ4n) is 0.124. The maximum absolute atomic E-state index is 9.90. The average Bonchev–Trinajstić information content (AvgIpc) is 1.68. The van der Waals surface area contributed by atoms with E-state index >= 15 is 0 Å². The fourth-order valence-corrected chi connectivity index (χ4v) is 0.124. The van der Waals surface area contributed by atoms with E-state index < -0.39 is 5.97 Å². The third-order valence-corrected chi connectivity index (χ3v) is 0.405. The Morgan fingerprint density at radius 2 is 2.29 bits per heavy atom. The first-order valence-electron chi connectivity index (χ1n) is 1.67. The van der Waals surface area contributed by atoms with Crippen LogP contribution in [0.15, 0.2) is 12.3 Å². The molecule has 0 rings (SSSR count). The fraction of sp³-hybridized carbons (Fsp3) is 0.250. The van der Waals surface area contributed by atoms with Crippen molar-refractivity contribution in [2.75, 3.05) is 7.11 Å². The monoisotopic (exact) mass is 101 g/mol. The maximum atomic E-state index is 9.90. The van der Waals surface area contributed by atoms with E-state index in [1.54, 1.807) is 0 Å². The van der Waals surface area contributed by atoms with Crippen molar-refractivity contribution in [2.24, 2.45) is 0 Å². The first-order chi connectivity index (χ1) is 3.31. The lowest BCUT2D eigenvalue weighted by Gasteiger charge is -1.83. The van der Waals surface area contributed by atoms with Gasteiger partial charge in [-0.1, -0.05) is 0 Å². The highest BCUT2D eigenvalue weighted by Crippen LogP contribution is 1.72. The van der Waals surface area contributed by atoms with Crippen molar-refractivity contribution >= 4 is 5.97 Å². The van der Waals surface area contributed by atoms with Gasteiger partial charge in [-0.05, 0) is 0 Å². The molecule has 0 atom stereocenters. The van der Waals surface area contributed by atoms with Crippen LogP contribution in [0.3, 0.4) is 0 Å². The molecule has 0 bridgehead atoms. The predicted molar refractivity (Wildman–Crippen MR) is 21.8 cm³/mol. The van der Waals surface area contributed by atoms with Crippen LogP contribution in [0, 0.1) is 0 Å². The van der Waals surface area contributed by atoms with Gasteiger partial charge in [0, 0.05) is 0 Å². The summed E-state index contributed by atoms with van der Waals surface area (Å²) in [6, 6.07) is 0. The normalized spacial score (nSPS) is 9.29. The smallest absolute Gasteiger partial charge is 0.333 e. The Kier molecular flexibility index (Phi) is 2.76. The van der Waals surface area contributed by atoms with Gasteiger partial charge in [-0.15, -0.1) is 0 Å². The zero-order valence-corrected chi connectivity index (χ0v) is 3.88. The molecule has 0 spiro atoms.